The van der Waals surface area contributed by atoms with Crippen molar-refractivity contribution >= 4 is 5.91 Å². The standard InChI is InChI=1S/C17H20N2O3/c1-12-15(16(18-22-12)14-7-3-2-4-8-14)17(21)19-9-5-6-13(10-19)11-20/h2-4,7-8,13,20H,5-6,9-11H2,1H3. The summed E-state index contributed by atoms with van der Waals surface area (Å²) >= 11 is 0. The highest BCUT2D eigenvalue weighted by molar-refractivity contribution is 6.00. The van der Waals surface area contributed by atoms with E-state index in [2.05, 4.69) is 5.16 Å². The van der Waals surface area contributed by atoms with Gasteiger partial charge < -0.3 is 14.5 Å². The molecule has 0 radical (unpaired) electrons. The van der Waals surface area contributed by atoms with Crippen molar-refractivity contribution in [3.05, 3.63) is 41.7 Å². The zero-order chi connectivity index (χ0) is 15.5. The van der Waals surface area contributed by atoms with E-state index in [0.29, 0.717) is 30.1 Å². The number of aromatic nitrogens is 1. The molecule has 1 atom stereocenters. The van der Waals surface area contributed by atoms with Crippen molar-refractivity contribution in [3.8, 4) is 11.3 Å². The summed E-state index contributed by atoms with van der Waals surface area (Å²) in [6, 6.07) is 9.59. The Hall–Kier alpha value is -2.14. The molecule has 3 rings (SSSR count). The molecule has 1 saturated heterocycles. The summed E-state index contributed by atoms with van der Waals surface area (Å²) < 4.78 is 5.27. The summed E-state index contributed by atoms with van der Waals surface area (Å²) in [5.41, 5.74) is 2.00. The van der Waals surface area contributed by atoms with Gasteiger partial charge in [0, 0.05) is 25.3 Å². The Labute approximate surface area is 129 Å². The Morgan fingerprint density at radius 3 is 2.91 bits per heavy atom. The first-order valence-corrected chi connectivity index (χ1v) is 7.62. The SMILES string of the molecule is Cc1onc(-c2ccccc2)c1C(=O)N1CCCC(CO)C1. The minimum Gasteiger partial charge on any atom is -0.396 e. The maximum absolute atomic E-state index is 12.9. The Kier molecular flexibility index (Phi) is 4.24. The van der Waals surface area contributed by atoms with Crippen molar-refractivity contribution in [1.82, 2.24) is 10.1 Å². The maximum Gasteiger partial charge on any atom is 0.259 e. The van der Waals surface area contributed by atoms with Gasteiger partial charge in [-0.15, -0.1) is 0 Å². The van der Waals surface area contributed by atoms with Crippen molar-refractivity contribution < 1.29 is 14.4 Å². The molecule has 0 aliphatic carbocycles. The number of amides is 1. The van der Waals surface area contributed by atoms with Gasteiger partial charge >= 0.3 is 0 Å². The van der Waals surface area contributed by atoms with Crippen LogP contribution in [0.5, 0.6) is 0 Å². The summed E-state index contributed by atoms with van der Waals surface area (Å²) in [6.45, 7) is 3.19. The van der Waals surface area contributed by atoms with Crippen LogP contribution < -0.4 is 0 Å². The molecule has 1 aromatic carbocycles. The molecule has 1 aliphatic rings. The number of hydrogen-bond acceptors (Lipinski definition) is 4. The lowest BCUT2D eigenvalue weighted by Gasteiger charge is -2.31. The summed E-state index contributed by atoms with van der Waals surface area (Å²) in [5.74, 6) is 0.642. The number of aliphatic hydroxyl groups is 1. The molecule has 0 spiro atoms. The molecule has 0 saturated carbocycles. The van der Waals surface area contributed by atoms with Gasteiger partial charge in [0.1, 0.15) is 17.0 Å². The first-order chi connectivity index (χ1) is 10.7. The molecule has 2 heterocycles. The first-order valence-electron chi connectivity index (χ1n) is 7.62. The molecule has 1 fully saturated rings. The molecule has 1 N–H and O–H groups in total. The van der Waals surface area contributed by atoms with Gasteiger partial charge in [-0.05, 0) is 25.7 Å². The second-order valence-corrected chi connectivity index (χ2v) is 5.77. The van der Waals surface area contributed by atoms with Crippen molar-refractivity contribution in [2.75, 3.05) is 19.7 Å². The molecular weight excluding hydrogens is 280 g/mol. The van der Waals surface area contributed by atoms with Gasteiger partial charge in [-0.2, -0.15) is 0 Å². The number of aliphatic hydroxyl groups excluding tert-OH is 1. The average Bonchev–Trinajstić information content (AvgIpc) is 2.96. The highest BCUT2D eigenvalue weighted by Crippen LogP contribution is 2.28. The van der Waals surface area contributed by atoms with Crippen LogP contribution in [0.2, 0.25) is 0 Å². The van der Waals surface area contributed by atoms with E-state index in [1.165, 1.54) is 0 Å². The van der Waals surface area contributed by atoms with E-state index in [0.717, 1.165) is 18.4 Å². The summed E-state index contributed by atoms with van der Waals surface area (Å²) in [7, 11) is 0. The largest absolute Gasteiger partial charge is 0.396 e. The van der Waals surface area contributed by atoms with Gasteiger partial charge in [-0.3, -0.25) is 4.79 Å². The number of likely N-dealkylation sites (tertiary alicyclic amines) is 1. The molecule has 2 aromatic rings. The molecule has 22 heavy (non-hydrogen) atoms. The highest BCUT2D eigenvalue weighted by Gasteiger charge is 2.29. The first kappa shape index (κ1) is 14.8. The van der Waals surface area contributed by atoms with Crippen LogP contribution in [0.15, 0.2) is 34.9 Å². The predicted molar refractivity (Wildman–Crippen MR) is 82.4 cm³/mol. The van der Waals surface area contributed by atoms with Crippen LogP contribution in [0.25, 0.3) is 11.3 Å². The smallest absolute Gasteiger partial charge is 0.259 e. The molecule has 1 aromatic heterocycles. The van der Waals surface area contributed by atoms with Gasteiger partial charge in [0.05, 0.1) is 0 Å². The third-order valence-electron chi connectivity index (χ3n) is 4.19. The average molecular weight is 300 g/mol. The number of rotatable bonds is 3. The Bertz CT molecular complexity index is 651. The number of piperidine rings is 1. The number of nitrogens with zero attached hydrogens (tertiary/aromatic N) is 2. The summed E-state index contributed by atoms with van der Waals surface area (Å²) in [6.07, 6.45) is 1.89. The van der Waals surface area contributed by atoms with E-state index in [-0.39, 0.29) is 18.4 Å². The van der Waals surface area contributed by atoms with Crippen LogP contribution in [0.1, 0.15) is 29.0 Å². The van der Waals surface area contributed by atoms with E-state index in [1.807, 2.05) is 30.3 Å². The second kappa shape index (κ2) is 6.32. The number of benzene rings is 1. The molecule has 1 amide bonds. The number of hydrogen-bond donors (Lipinski definition) is 1. The number of carbonyl (C=O) groups is 1. The van der Waals surface area contributed by atoms with E-state index < -0.39 is 0 Å². The van der Waals surface area contributed by atoms with Gasteiger partial charge in [0.15, 0.2) is 0 Å². The molecule has 116 valence electrons. The molecule has 5 nitrogen and oxygen atoms in total. The number of aryl methyl sites for hydroxylation is 1. The minimum atomic E-state index is -0.0595. The lowest BCUT2D eigenvalue weighted by molar-refractivity contribution is 0.0619. The van der Waals surface area contributed by atoms with E-state index in [4.69, 9.17) is 4.52 Å². The van der Waals surface area contributed by atoms with Gasteiger partial charge in [0.25, 0.3) is 5.91 Å². The Balaban J connectivity index is 1.91. The van der Waals surface area contributed by atoms with Crippen LogP contribution >= 0.6 is 0 Å². The lowest BCUT2D eigenvalue weighted by Crippen LogP contribution is -2.41. The molecular formula is C17H20N2O3. The fourth-order valence-electron chi connectivity index (χ4n) is 2.97. The summed E-state index contributed by atoms with van der Waals surface area (Å²) in [5, 5.41) is 13.4. The number of carbonyl (C=O) groups excluding carboxylic acids is 1. The van der Waals surface area contributed by atoms with Gasteiger partial charge in [-0.25, -0.2) is 0 Å². The Morgan fingerprint density at radius 1 is 1.41 bits per heavy atom. The lowest BCUT2D eigenvalue weighted by atomic mass is 9.97. The molecule has 1 aliphatic heterocycles. The quantitative estimate of drug-likeness (QED) is 0.945. The highest BCUT2D eigenvalue weighted by atomic mass is 16.5. The van der Waals surface area contributed by atoms with E-state index >= 15 is 0 Å². The monoisotopic (exact) mass is 300 g/mol. The molecule has 5 heteroatoms. The van der Waals surface area contributed by atoms with Crippen molar-refractivity contribution in [2.45, 2.75) is 19.8 Å². The van der Waals surface area contributed by atoms with Crippen LogP contribution in [0.3, 0.4) is 0 Å². The normalized spacial score (nSPS) is 18.5. The summed E-state index contributed by atoms with van der Waals surface area (Å²) in [4.78, 5) is 14.7. The maximum atomic E-state index is 12.9. The van der Waals surface area contributed by atoms with Crippen molar-refractivity contribution in [3.63, 3.8) is 0 Å². The third kappa shape index (κ3) is 2.76. The fraction of sp³-hybridized carbons (Fsp3) is 0.412. The second-order valence-electron chi connectivity index (χ2n) is 5.77. The van der Waals surface area contributed by atoms with E-state index in [1.54, 1.807) is 11.8 Å². The molecule has 1 unspecified atom stereocenters. The Morgan fingerprint density at radius 2 is 2.18 bits per heavy atom. The van der Waals surface area contributed by atoms with Crippen LogP contribution in [0.4, 0.5) is 0 Å². The van der Waals surface area contributed by atoms with Crippen LogP contribution in [0, 0.1) is 12.8 Å². The predicted octanol–water partition coefficient (Wildman–Crippen LogP) is 2.49. The van der Waals surface area contributed by atoms with Gasteiger partial charge in [0.2, 0.25) is 0 Å². The molecule has 0 bridgehead atoms. The fourth-order valence-corrected chi connectivity index (χ4v) is 2.97. The minimum absolute atomic E-state index is 0.0595. The zero-order valence-electron chi connectivity index (χ0n) is 12.7. The van der Waals surface area contributed by atoms with Crippen LogP contribution in [-0.4, -0.2) is 40.8 Å². The van der Waals surface area contributed by atoms with Crippen molar-refractivity contribution in [2.24, 2.45) is 5.92 Å². The van der Waals surface area contributed by atoms with Crippen LogP contribution in [-0.2, 0) is 0 Å². The third-order valence-corrected chi connectivity index (χ3v) is 4.19. The van der Waals surface area contributed by atoms with E-state index in [9.17, 15) is 9.90 Å². The zero-order valence-corrected chi connectivity index (χ0v) is 12.7. The van der Waals surface area contributed by atoms with Crippen molar-refractivity contribution in [1.29, 1.82) is 0 Å². The van der Waals surface area contributed by atoms with Gasteiger partial charge in [-0.1, -0.05) is 35.5 Å². The topological polar surface area (TPSA) is 66.6 Å².